The average Bonchev–Trinajstić information content (AvgIpc) is 2.42. The molecule has 104 valence electrons. The molecule has 19 heavy (non-hydrogen) atoms. The molecule has 0 radical (unpaired) electrons. The third-order valence-electron chi connectivity index (χ3n) is 3.21. The molecule has 0 aromatic heterocycles. The second kappa shape index (κ2) is 6.51. The second-order valence-electron chi connectivity index (χ2n) is 4.76. The summed E-state index contributed by atoms with van der Waals surface area (Å²) in [5.41, 5.74) is 10.2. The number of rotatable bonds is 3. The lowest BCUT2D eigenvalue weighted by Gasteiger charge is -2.32. The maximum atomic E-state index is 11.8. The first kappa shape index (κ1) is 13.8. The SMILES string of the molecule is CN1CCN(NC(=O)Nc2ccc(CN)cc2)CC1. The Hall–Kier alpha value is -1.63. The van der Waals surface area contributed by atoms with Gasteiger partial charge < -0.3 is 16.0 Å². The van der Waals surface area contributed by atoms with Gasteiger partial charge in [0.1, 0.15) is 0 Å². The number of nitrogens with one attached hydrogen (secondary N) is 2. The average molecular weight is 263 g/mol. The number of nitrogens with zero attached hydrogens (tertiary/aromatic N) is 2. The standard InChI is InChI=1S/C13H21N5O/c1-17-6-8-18(9-7-17)16-13(19)15-12-4-2-11(10-14)3-5-12/h2-5H,6-10,14H2,1H3,(H2,15,16,19). The number of hydrazine groups is 1. The smallest absolute Gasteiger partial charge is 0.326 e. The molecule has 0 aliphatic carbocycles. The topological polar surface area (TPSA) is 73.6 Å². The molecule has 6 heteroatoms. The van der Waals surface area contributed by atoms with Crippen LogP contribution in [0.5, 0.6) is 0 Å². The highest BCUT2D eigenvalue weighted by Crippen LogP contribution is 2.08. The zero-order valence-electron chi connectivity index (χ0n) is 11.2. The van der Waals surface area contributed by atoms with Gasteiger partial charge in [0.25, 0.3) is 0 Å². The van der Waals surface area contributed by atoms with Crippen LogP contribution >= 0.6 is 0 Å². The van der Waals surface area contributed by atoms with Gasteiger partial charge in [-0.05, 0) is 24.7 Å². The van der Waals surface area contributed by atoms with E-state index in [9.17, 15) is 4.79 Å². The van der Waals surface area contributed by atoms with Crippen molar-refractivity contribution in [2.75, 3.05) is 38.5 Å². The van der Waals surface area contributed by atoms with Crippen LogP contribution in [0.2, 0.25) is 0 Å². The summed E-state index contributed by atoms with van der Waals surface area (Å²) < 4.78 is 0. The summed E-state index contributed by atoms with van der Waals surface area (Å²) in [6, 6.07) is 7.32. The highest BCUT2D eigenvalue weighted by molar-refractivity contribution is 5.88. The van der Waals surface area contributed by atoms with Gasteiger partial charge in [-0.2, -0.15) is 0 Å². The number of urea groups is 1. The van der Waals surface area contributed by atoms with E-state index in [2.05, 4.69) is 22.7 Å². The summed E-state index contributed by atoms with van der Waals surface area (Å²) in [5.74, 6) is 0. The molecule has 1 aliphatic heterocycles. The number of piperazine rings is 1. The van der Waals surface area contributed by atoms with Crippen LogP contribution in [0.15, 0.2) is 24.3 Å². The van der Waals surface area contributed by atoms with E-state index in [1.54, 1.807) is 0 Å². The lowest BCUT2D eigenvalue weighted by molar-refractivity contribution is 0.116. The van der Waals surface area contributed by atoms with Crippen LogP contribution in [0.1, 0.15) is 5.56 Å². The summed E-state index contributed by atoms with van der Waals surface area (Å²) in [7, 11) is 2.08. The molecule has 0 bridgehead atoms. The summed E-state index contributed by atoms with van der Waals surface area (Å²) in [5, 5.41) is 4.74. The van der Waals surface area contributed by atoms with E-state index in [1.807, 2.05) is 29.3 Å². The maximum absolute atomic E-state index is 11.8. The van der Waals surface area contributed by atoms with Crippen molar-refractivity contribution in [1.29, 1.82) is 0 Å². The Bertz CT molecular complexity index is 412. The van der Waals surface area contributed by atoms with Crippen molar-refractivity contribution in [3.05, 3.63) is 29.8 Å². The van der Waals surface area contributed by atoms with E-state index >= 15 is 0 Å². The van der Waals surface area contributed by atoms with E-state index in [4.69, 9.17) is 5.73 Å². The molecule has 2 rings (SSSR count). The van der Waals surface area contributed by atoms with Crippen LogP contribution in [0.4, 0.5) is 10.5 Å². The van der Waals surface area contributed by atoms with Gasteiger partial charge in [-0.15, -0.1) is 0 Å². The summed E-state index contributed by atoms with van der Waals surface area (Å²) in [6.45, 7) is 4.12. The Balaban J connectivity index is 1.80. The van der Waals surface area contributed by atoms with Gasteiger partial charge in [0.2, 0.25) is 0 Å². The van der Waals surface area contributed by atoms with Crippen molar-refractivity contribution in [2.45, 2.75) is 6.54 Å². The predicted molar refractivity (Wildman–Crippen MR) is 75.6 cm³/mol. The van der Waals surface area contributed by atoms with Gasteiger partial charge in [-0.1, -0.05) is 12.1 Å². The summed E-state index contributed by atoms with van der Waals surface area (Å²) in [6.07, 6.45) is 0. The van der Waals surface area contributed by atoms with Gasteiger partial charge in [0.15, 0.2) is 0 Å². The van der Waals surface area contributed by atoms with E-state index in [0.717, 1.165) is 37.4 Å². The van der Waals surface area contributed by atoms with Gasteiger partial charge in [-0.25, -0.2) is 9.80 Å². The highest BCUT2D eigenvalue weighted by Gasteiger charge is 2.15. The van der Waals surface area contributed by atoms with Crippen molar-refractivity contribution in [2.24, 2.45) is 5.73 Å². The van der Waals surface area contributed by atoms with Crippen LogP contribution in [0, 0.1) is 0 Å². The van der Waals surface area contributed by atoms with E-state index in [-0.39, 0.29) is 6.03 Å². The first-order valence-corrected chi connectivity index (χ1v) is 6.47. The van der Waals surface area contributed by atoms with Crippen molar-refractivity contribution < 1.29 is 4.79 Å². The number of nitrogens with two attached hydrogens (primary N) is 1. The molecule has 6 nitrogen and oxygen atoms in total. The molecule has 0 atom stereocenters. The number of hydrogen-bond donors (Lipinski definition) is 3. The Morgan fingerprint density at radius 3 is 2.42 bits per heavy atom. The van der Waals surface area contributed by atoms with Crippen LogP contribution in [-0.4, -0.2) is 49.2 Å². The number of carbonyl (C=O) groups is 1. The number of anilines is 1. The fraction of sp³-hybridized carbons (Fsp3) is 0.462. The number of amides is 2. The molecule has 1 aromatic rings. The maximum Gasteiger partial charge on any atom is 0.333 e. The molecule has 0 unspecified atom stereocenters. The van der Waals surface area contributed by atoms with Crippen LogP contribution in [-0.2, 0) is 6.54 Å². The third kappa shape index (κ3) is 4.20. The Kier molecular flexibility index (Phi) is 4.73. The fourth-order valence-corrected chi connectivity index (χ4v) is 1.95. The van der Waals surface area contributed by atoms with E-state index < -0.39 is 0 Å². The zero-order chi connectivity index (χ0) is 13.7. The largest absolute Gasteiger partial charge is 0.333 e. The summed E-state index contributed by atoms with van der Waals surface area (Å²) >= 11 is 0. The normalized spacial score (nSPS) is 17.2. The zero-order valence-corrected chi connectivity index (χ0v) is 11.2. The van der Waals surface area contributed by atoms with Gasteiger partial charge >= 0.3 is 6.03 Å². The molecule has 2 amide bonds. The lowest BCUT2D eigenvalue weighted by Crippen LogP contribution is -2.53. The number of hydrogen-bond acceptors (Lipinski definition) is 4. The quantitative estimate of drug-likeness (QED) is 0.739. The third-order valence-corrected chi connectivity index (χ3v) is 3.21. The Labute approximate surface area is 113 Å². The lowest BCUT2D eigenvalue weighted by atomic mass is 10.2. The molecule has 1 saturated heterocycles. The molecule has 0 spiro atoms. The minimum atomic E-state index is -0.204. The van der Waals surface area contributed by atoms with Crippen molar-refractivity contribution in [3.8, 4) is 0 Å². The van der Waals surface area contributed by atoms with Gasteiger partial charge in [0.05, 0.1) is 0 Å². The fourth-order valence-electron chi connectivity index (χ4n) is 1.95. The highest BCUT2D eigenvalue weighted by atomic mass is 16.2. The predicted octanol–water partition coefficient (Wildman–Crippen LogP) is 0.429. The second-order valence-corrected chi connectivity index (χ2v) is 4.76. The summed E-state index contributed by atoms with van der Waals surface area (Å²) in [4.78, 5) is 14.1. The monoisotopic (exact) mass is 263 g/mol. The molecule has 4 N–H and O–H groups in total. The van der Waals surface area contributed by atoms with Crippen LogP contribution in [0.25, 0.3) is 0 Å². The van der Waals surface area contributed by atoms with Crippen molar-refractivity contribution in [1.82, 2.24) is 15.3 Å². The van der Waals surface area contributed by atoms with Crippen molar-refractivity contribution in [3.63, 3.8) is 0 Å². The molecule has 1 fully saturated rings. The van der Waals surface area contributed by atoms with Gasteiger partial charge in [0, 0.05) is 38.4 Å². The molecular formula is C13H21N5O. The molecule has 1 heterocycles. The van der Waals surface area contributed by atoms with E-state index in [0.29, 0.717) is 6.54 Å². The molecule has 0 saturated carbocycles. The number of likely N-dealkylation sites (N-methyl/N-ethyl adjacent to an activating group) is 1. The Morgan fingerprint density at radius 2 is 1.84 bits per heavy atom. The number of carbonyl (C=O) groups excluding carboxylic acids is 1. The van der Waals surface area contributed by atoms with Crippen LogP contribution < -0.4 is 16.5 Å². The number of benzene rings is 1. The van der Waals surface area contributed by atoms with E-state index in [1.165, 1.54) is 0 Å². The first-order valence-electron chi connectivity index (χ1n) is 6.47. The van der Waals surface area contributed by atoms with Crippen LogP contribution in [0.3, 0.4) is 0 Å². The Morgan fingerprint density at radius 1 is 1.21 bits per heavy atom. The molecular weight excluding hydrogens is 242 g/mol. The first-order chi connectivity index (χ1) is 9.17. The van der Waals surface area contributed by atoms with Gasteiger partial charge in [-0.3, -0.25) is 5.43 Å². The molecule has 1 aliphatic rings. The minimum Gasteiger partial charge on any atom is -0.326 e. The minimum absolute atomic E-state index is 0.204. The van der Waals surface area contributed by atoms with Crippen molar-refractivity contribution >= 4 is 11.7 Å². The molecule has 1 aromatic carbocycles.